The number of halogens is 1. The molecular weight excluding hydrogens is 412 g/mol. The molecule has 0 aliphatic rings. The highest BCUT2D eigenvalue weighted by Crippen LogP contribution is 2.13. The molecule has 0 aliphatic heterocycles. The highest BCUT2D eigenvalue weighted by atomic mass is 35.5. The highest BCUT2D eigenvalue weighted by Gasteiger charge is 2.22. The van der Waals surface area contributed by atoms with Gasteiger partial charge in [-0.25, -0.2) is 4.79 Å². The molecule has 0 fully saturated rings. The molecule has 0 bridgehead atoms. The minimum Gasteiger partial charge on any atom is -0.480 e. The summed E-state index contributed by atoms with van der Waals surface area (Å²) in [7, 11) is 0. The third kappa shape index (κ3) is 7.29. The van der Waals surface area contributed by atoms with Gasteiger partial charge in [-0.2, -0.15) is 11.8 Å². The Hall–Kier alpha value is -2.77. The first-order valence-electron chi connectivity index (χ1n) is 8.77. The summed E-state index contributed by atoms with van der Waals surface area (Å²) in [6.07, 6.45) is 3.59. The number of thioether (sulfide) groups is 1. The predicted molar refractivity (Wildman–Crippen MR) is 116 cm³/mol. The van der Waals surface area contributed by atoms with Gasteiger partial charge in [-0.3, -0.25) is 9.59 Å². The van der Waals surface area contributed by atoms with E-state index in [-0.39, 0.29) is 12.1 Å². The number of carbonyl (C=O) groups excluding carboxylic acids is 2. The predicted octanol–water partition coefficient (Wildman–Crippen LogP) is 3.43. The van der Waals surface area contributed by atoms with E-state index in [9.17, 15) is 19.5 Å². The number of benzene rings is 2. The Morgan fingerprint density at radius 3 is 2.34 bits per heavy atom. The van der Waals surface area contributed by atoms with Gasteiger partial charge >= 0.3 is 5.97 Å². The summed E-state index contributed by atoms with van der Waals surface area (Å²) in [5, 5.41) is 15.0. The van der Waals surface area contributed by atoms with Gasteiger partial charge in [0, 0.05) is 10.6 Å². The van der Waals surface area contributed by atoms with Crippen LogP contribution >= 0.6 is 23.4 Å². The van der Waals surface area contributed by atoms with Gasteiger partial charge in [0.05, 0.1) is 0 Å². The average molecular weight is 433 g/mol. The van der Waals surface area contributed by atoms with Crippen molar-refractivity contribution in [2.45, 2.75) is 12.5 Å². The van der Waals surface area contributed by atoms with Gasteiger partial charge in [0.1, 0.15) is 11.7 Å². The Morgan fingerprint density at radius 1 is 1.10 bits per heavy atom. The maximum atomic E-state index is 12.8. The fraction of sp³-hybridized carbons (Fsp3) is 0.190. The maximum Gasteiger partial charge on any atom is 0.326 e. The molecule has 2 amide bonds. The van der Waals surface area contributed by atoms with Crippen LogP contribution in [0.25, 0.3) is 6.08 Å². The topological polar surface area (TPSA) is 95.5 Å². The minimum absolute atomic E-state index is 0.0587. The molecule has 0 heterocycles. The van der Waals surface area contributed by atoms with Crippen molar-refractivity contribution in [3.8, 4) is 0 Å². The first-order chi connectivity index (χ1) is 13.9. The van der Waals surface area contributed by atoms with Gasteiger partial charge in [0.2, 0.25) is 0 Å². The second-order valence-electron chi connectivity index (χ2n) is 6.08. The fourth-order valence-corrected chi connectivity index (χ4v) is 2.99. The number of carboxylic acids is 1. The molecule has 2 aromatic rings. The van der Waals surface area contributed by atoms with Crippen LogP contribution in [-0.4, -0.2) is 40.9 Å². The van der Waals surface area contributed by atoms with Crippen LogP contribution in [0.15, 0.2) is 60.3 Å². The number of rotatable bonds is 9. The number of carbonyl (C=O) groups is 3. The normalized spacial score (nSPS) is 12.1. The first kappa shape index (κ1) is 22.5. The lowest BCUT2D eigenvalue weighted by molar-refractivity contribution is -0.141. The van der Waals surface area contributed by atoms with Crippen molar-refractivity contribution in [1.82, 2.24) is 10.6 Å². The van der Waals surface area contributed by atoms with Crippen molar-refractivity contribution < 1.29 is 19.5 Å². The summed E-state index contributed by atoms with van der Waals surface area (Å²) in [5.41, 5.74) is 0.944. The van der Waals surface area contributed by atoms with Gasteiger partial charge in [-0.1, -0.05) is 41.9 Å². The molecule has 0 saturated heterocycles. The van der Waals surface area contributed by atoms with Crippen molar-refractivity contribution in [1.29, 1.82) is 0 Å². The van der Waals surface area contributed by atoms with E-state index in [1.807, 2.05) is 6.26 Å². The summed E-state index contributed by atoms with van der Waals surface area (Å²) in [6, 6.07) is 14.0. The van der Waals surface area contributed by atoms with Crippen molar-refractivity contribution in [3.63, 3.8) is 0 Å². The van der Waals surface area contributed by atoms with E-state index in [0.29, 0.717) is 21.9 Å². The molecular formula is C21H21ClN2O4S. The lowest BCUT2D eigenvalue weighted by Crippen LogP contribution is -2.44. The van der Waals surface area contributed by atoms with Gasteiger partial charge in [-0.15, -0.1) is 0 Å². The number of hydrogen-bond acceptors (Lipinski definition) is 4. The third-order valence-corrected chi connectivity index (χ3v) is 4.82. The van der Waals surface area contributed by atoms with Gasteiger partial charge in [-0.05, 0) is 54.3 Å². The quantitative estimate of drug-likeness (QED) is 0.527. The van der Waals surface area contributed by atoms with E-state index in [1.54, 1.807) is 54.6 Å². The van der Waals surface area contributed by atoms with Crippen LogP contribution in [0.5, 0.6) is 0 Å². The number of aliphatic carboxylic acids is 1. The third-order valence-electron chi connectivity index (χ3n) is 3.92. The molecule has 0 aliphatic carbocycles. The molecule has 2 aromatic carbocycles. The zero-order valence-corrected chi connectivity index (χ0v) is 17.3. The van der Waals surface area contributed by atoms with Crippen LogP contribution in [0.3, 0.4) is 0 Å². The van der Waals surface area contributed by atoms with E-state index in [1.165, 1.54) is 17.8 Å². The van der Waals surface area contributed by atoms with E-state index >= 15 is 0 Å². The van der Waals surface area contributed by atoms with Crippen LogP contribution < -0.4 is 10.6 Å². The van der Waals surface area contributed by atoms with E-state index < -0.39 is 23.8 Å². The Morgan fingerprint density at radius 2 is 1.76 bits per heavy atom. The number of hydrogen-bond donors (Lipinski definition) is 3. The molecule has 0 aromatic heterocycles. The molecule has 1 atom stereocenters. The maximum absolute atomic E-state index is 12.8. The monoisotopic (exact) mass is 432 g/mol. The molecule has 0 saturated carbocycles. The standard InChI is InChI=1S/C21H21ClN2O4S/c1-29-12-11-17(21(27)28)23-20(26)18(13-14-7-9-16(22)10-8-14)24-19(25)15-5-3-2-4-6-15/h2-10,13,17H,11-12H2,1H3,(H,23,26)(H,24,25)(H,27,28)/b18-13-/t17-/m0/s1. The SMILES string of the molecule is CSCC[C@H](NC(=O)/C(=C/c1ccc(Cl)cc1)NC(=O)c1ccccc1)C(=O)O. The molecule has 0 unspecified atom stereocenters. The second-order valence-corrected chi connectivity index (χ2v) is 7.50. The van der Waals surface area contributed by atoms with Crippen LogP contribution in [0.1, 0.15) is 22.3 Å². The fourth-order valence-electron chi connectivity index (χ4n) is 2.40. The average Bonchev–Trinajstić information content (AvgIpc) is 2.72. The summed E-state index contributed by atoms with van der Waals surface area (Å²) in [4.78, 5) is 36.7. The molecule has 152 valence electrons. The van der Waals surface area contributed by atoms with Gasteiger partial charge < -0.3 is 15.7 Å². The molecule has 0 radical (unpaired) electrons. The smallest absolute Gasteiger partial charge is 0.326 e. The van der Waals surface area contributed by atoms with E-state index in [2.05, 4.69) is 10.6 Å². The molecule has 8 heteroatoms. The first-order valence-corrected chi connectivity index (χ1v) is 10.5. The zero-order valence-electron chi connectivity index (χ0n) is 15.7. The Labute approximate surface area is 178 Å². The molecule has 2 rings (SSSR count). The number of amides is 2. The summed E-state index contributed by atoms with van der Waals surface area (Å²) in [5.74, 6) is -1.72. The molecule has 6 nitrogen and oxygen atoms in total. The van der Waals surface area contributed by atoms with Crippen molar-refractivity contribution >= 4 is 47.2 Å². The molecule has 29 heavy (non-hydrogen) atoms. The van der Waals surface area contributed by atoms with Gasteiger partial charge in [0.25, 0.3) is 11.8 Å². The van der Waals surface area contributed by atoms with Crippen molar-refractivity contribution in [3.05, 3.63) is 76.4 Å². The largest absolute Gasteiger partial charge is 0.480 e. The zero-order chi connectivity index (χ0) is 21.2. The van der Waals surface area contributed by atoms with Gasteiger partial charge in [0.15, 0.2) is 0 Å². The van der Waals surface area contributed by atoms with E-state index in [4.69, 9.17) is 11.6 Å². The summed E-state index contributed by atoms with van der Waals surface area (Å²) in [6.45, 7) is 0. The van der Waals surface area contributed by atoms with Crippen LogP contribution in [0.4, 0.5) is 0 Å². The lowest BCUT2D eigenvalue weighted by Gasteiger charge is -2.16. The van der Waals surface area contributed by atoms with Crippen molar-refractivity contribution in [2.75, 3.05) is 12.0 Å². The number of carboxylic acid groups (broad SMARTS) is 1. The minimum atomic E-state index is -1.13. The molecule has 3 N–H and O–H groups in total. The van der Waals surface area contributed by atoms with Crippen LogP contribution in [0.2, 0.25) is 5.02 Å². The van der Waals surface area contributed by atoms with Crippen LogP contribution in [0, 0.1) is 0 Å². The Kier molecular flexibility index (Phi) is 8.76. The summed E-state index contributed by atoms with van der Waals surface area (Å²) < 4.78 is 0. The van der Waals surface area contributed by atoms with Crippen LogP contribution in [-0.2, 0) is 9.59 Å². The van der Waals surface area contributed by atoms with E-state index in [0.717, 1.165) is 0 Å². The Balaban J connectivity index is 2.27. The Bertz CT molecular complexity index is 885. The second kappa shape index (κ2) is 11.3. The molecule has 0 spiro atoms. The number of nitrogens with one attached hydrogen (secondary N) is 2. The van der Waals surface area contributed by atoms with Crippen molar-refractivity contribution in [2.24, 2.45) is 0 Å². The lowest BCUT2D eigenvalue weighted by atomic mass is 10.1. The summed E-state index contributed by atoms with van der Waals surface area (Å²) >= 11 is 7.37. The highest BCUT2D eigenvalue weighted by molar-refractivity contribution is 7.98.